The van der Waals surface area contributed by atoms with Crippen molar-refractivity contribution >= 4 is 39.0 Å². The summed E-state index contributed by atoms with van der Waals surface area (Å²) in [5, 5.41) is 0.238. The molecule has 0 radical (unpaired) electrons. The summed E-state index contributed by atoms with van der Waals surface area (Å²) in [6.07, 6.45) is 0.0831. The van der Waals surface area contributed by atoms with Gasteiger partial charge in [0.2, 0.25) is 0 Å². The van der Waals surface area contributed by atoms with E-state index in [1.807, 2.05) is 0 Å². The number of carbonyl (C=O) groups is 1. The minimum Gasteiger partial charge on any atom is -0.398 e. The van der Waals surface area contributed by atoms with Gasteiger partial charge in [0.15, 0.2) is 5.78 Å². The summed E-state index contributed by atoms with van der Waals surface area (Å²) in [4.78, 5) is 12.2. The molecule has 98 valence electrons. The third kappa shape index (κ3) is 3.33. The fourth-order valence-corrected chi connectivity index (χ4v) is 2.30. The highest BCUT2D eigenvalue weighted by Crippen LogP contribution is 2.23. The summed E-state index contributed by atoms with van der Waals surface area (Å²) >= 11 is 9.19. The van der Waals surface area contributed by atoms with Crippen molar-refractivity contribution in [3.63, 3.8) is 0 Å². The largest absolute Gasteiger partial charge is 0.398 e. The number of hydrogen-bond acceptors (Lipinski definition) is 2. The second kappa shape index (κ2) is 5.72. The van der Waals surface area contributed by atoms with Crippen LogP contribution in [0.3, 0.4) is 0 Å². The van der Waals surface area contributed by atoms with Crippen LogP contribution in [0.5, 0.6) is 0 Å². The Bertz CT molecular complexity index is 645. The molecule has 0 aliphatic carbocycles. The highest BCUT2D eigenvalue weighted by atomic mass is 79.9. The molecule has 5 heteroatoms. The Morgan fingerprint density at radius 2 is 2.00 bits per heavy atom. The minimum atomic E-state index is -0.428. The van der Waals surface area contributed by atoms with Gasteiger partial charge >= 0.3 is 0 Å². The molecule has 0 atom stereocenters. The van der Waals surface area contributed by atoms with E-state index in [-0.39, 0.29) is 17.2 Å². The van der Waals surface area contributed by atoms with Gasteiger partial charge in [0.25, 0.3) is 0 Å². The van der Waals surface area contributed by atoms with Gasteiger partial charge in [-0.25, -0.2) is 4.39 Å². The van der Waals surface area contributed by atoms with Gasteiger partial charge in [-0.2, -0.15) is 0 Å². The van der Waals surface area contributed by atoms with E-state index >= 15 is 0 Å². The van der Waals surface area contributed by atoms with Crippen LogP contribution in [0, 0.1) is 5.82 Å². The molecule has 0 saturated carbocycles. The number of anilines is 1. The smallest absolute Gasteiger partial charge is 0.169 e. The Balaban J connectivity index is 2.28. The number of carbonyl (C=O) groups excluding carboxylic acids is 1. The maximum Gasteiger partial charge on any atom is 0.169 e. The van der Waals surface area contributed by atoms with Crippen LogP contribution in [-0.4, -0.2) is 5.78 Å². The fourth-order valence-electron chi connectivity index (χ4n) is 1.70. The number of benzene rings is 2. The van der Waals surface area contributed by atoms with Crippen LogP contribution in [0.25, 0.3) is 0 Å². The number of ketones is 1. The second-order valence-electron chi connectivity index (χ2n) is 4.07. The molecule has 0 aromatic heterocycles. The number of rotatable bonds is 3. The maximum absolute atomic E-state index is 12.9. The van der Waals surface area contributed by atoms with Crippen molar-refractivity contribution in [2.24, 2.45) is 0 Å². The highest BCUT2D eigenvalue weighted by molar-refractivity contribution is 9.10. The minimum absolute atomic E-state index is 0.0831. The monoisotopic (exact) mass is 341 g/mol. The highest BCUT2D eigenvalue weighted by Gasteiger charge is 2.13. The van der Waals surface area contributed by atoms with Crippen molar-refractivity contribution in [3.8, 4) is 0 Å². The molecule has 2 N–H and O–H groups in total. The lowest BCUT2D eigenvalue weighted by molar-refractivity contribution is 0.0993. The van der Waals surface area contributed by atoms with Gasteiger partial charge in [-0.3, -0.25) is 4.79 Å². The van der Waals surface area contributed by atoms with Crippen molar-refractivity contribution in [3.05, 3.63) is 62.8 Å². The Morgan fingerprint density at radius 1 is 1.26 bits per heavy atom. The maximum atomic E-state index is 12.9. The molecular weight excluding hydrogens is 333 g/mol. The topological polar surface area (TPSA) is 43.1 Å². The number of halogens is 3. The number of nitrogen functional groups attached to an aromatic ring is 1. The molecule has 0 unspecified atom stereocenters. The molecule has 0 aliphatic rings. The predicted molar refractivity (Wildman–Crippen MR) is 78.0 cm³/mol. The van der Waals surface area contributed by atoms with Crippen LogP contribution < -0.4 is 5.73 Å². The van der Waals surface area contributed by atoms with E-state index in [9.17, 15) is 9.18 Å². The van der Waals surface area contributed by atoms with Gasteiger partial charge in [-0.15, -0.1) is 0 Å². The number of nitrogens with two attached hydrogens (primary N) is 1. The van der Waals surface area contributed by atoms with E-state index in [1.165, 1.54) is 18.2 Å². The SMILES string of the molecule is Nc1ccc(Br)cc1C(=O)Cc1ccc(F)cc1Cl. The van der Waals surface area contributed by atoms with E-state index in [0.717, 1.165) is 4.47 Å². The quantitative estimate of drug-likeness (QED) is 0.669. The molecule has 0 saturated heterocycles. The molecule has 0 spiro atoms. The molecule has 2 aromatic rings. The van der Waals surface area contributed by atoms with Crippen molar-refractivity contribution in [1.29, 1.82) is 0 Å². The van der Waals surface area contributed by atoms with Crippen LogP contribution in [0.4, 0.5) is 10.1 Å². The standard InChI is InChI=1S/C14H10BrClFNO/c15-9-2-4-13(18)11(6-9)14(19)5-8-1-3-10(17)7-12(8)16/h1-4,6-7H,5,18H2. The van der Waals surface area contributed by atoms with Crippen molar-refractivity contribution < 1.29 is 9.18 Å². The molecular formula is C14H10BrClFNO. The molecule has 2 rings (SSSR count). The van der Waals surface area contributed by atoms with Gasteiger partial charge < -0.3 is 5.73 Å². The van der Waals surface area contributed by atoms with Gasteiger partial charge in [0, 0.05) is 27.2 Å². The van der Waals surface area contributed by atoms with E-state index in [4.69, 9.17) is 17.3 Å². The van der Waals surface area contributed by atoms with Gasteiger partial charge in [-0.05, 0) is 35.9 Å². The lowest BCUT2D eigenvalue weighted by Crippen LogP contribution is -2.07. The zero-order chi connectivity index (χ0) is 14.0. The van der Waals surface area contributed by atoms with E-state index < -0.39 is 5.82 Å². The van der Waals surface area contributed by atoms with E-state index in [0.29, 0.717) is 16.8 Å². The van der Waals surface area contributed by atoms with Crippen LogP contribution >= 0.6 is 27.5 Å². The lowest BCUT2D eigenvalue weighted by Gasteiger charge is -2.07. The first kappa shape index (κ1) is 14.0. The number of Topliss-reactive ketones (excluding diaryl/α,β-unsaturated/α-hetero) is 1. The van der Waals surface area contributed by atoms with Gasteiger partial charge in [0.05, 0.1) is 0 Å². The average Bonchev–Trinajstić information content (AvgIpc) is 2.35. The summed E-state index contributed by atoms with van der Waals surface area (Å²) < 4.78 is 13.7. The average molecular weight is 343 g/mol. The van der Waals surface area contributed by atoms with Crippen LogP contribution in [0.1, 0.15) is 15.9 Å². The normalized spacial score (nSPS) is 10.5. The first-order chi connectivity index (χ1) is 8.97. The zero-order valence-corrected chi connectivity index (χ0v) is 12.1. The molecule has 0 amide bonds. The molecule has 0 fully saturated rings. The Kier molecular flexibility index (Phi) is 4.22. The molecule has 19 heavy (non-hydrogen) atoms. The summed E-state index contributed by atoms with van der Waals surface area (Å²) in [5.41, 5.74) is 7.18. The Hall–Kier alpha value is -1.39. The summed E-state index contributed by atoms with van der Waals surface area (Å²) in [6.45, 7) is 0. The Labute approximate surface area is 123 Å². The first-order valence-corrected chi connectivity index (χ1v) is 6.66. The Morgan fingerprint density at radius 3 is 2.68 bits per heavy atom. The fraction of sp³-hybridized carbons (Fsp3) is 0.0714. The molecule has 2 aromatic carbocycles. The van der Waals surface area contributed by atoms with Crippen LogP contribution in [-0.2, 0) is 6.42 Å². The molecule has 0 aliphatic heterocycles. The summed E-state index contributed by atoms with van der Waals surface area (Å²) in [6, 6.07) is 9.05. The molecule has 2 nitrogen and oxygen atoms in total. The zero-order valence-electron chi connectivity index (χ0n) is 9.79. The van der Waals surface area contributed by atoms with E-state index in [2.05, 4.69) is 15.9 Å². The van der Waals surface area contributed by atoms with Gasteiger partial charge in [0.1, 0.15) is 5.82 Å². The van der Waals surface area contributed by atoms with Gasteiger partial charge in [-0.1, -0.05) is 33.6 Å². The predicted octanol–water partition coefficient (Wildman–Crippen LogP) is 4.25. The van der Waals surface area contributed by atoms with Crippen molar-refractivity contribution in [1.82, 2.24) is 0 Å². The first-order valence-electron chi connectivity index (χ1n) is 5.49. The molecule has 0 heterocycles. The van der Waals surface area contributed by atoms with Crippen molar-refractivity contribution in [2.75, 3.05) is 5.73 Å². The van der Waals surface area contributed by atoms with Crippen LogP contribution in [0.15, 0.2) is 40.9 Å². The van der Waals surface area contributed by atoms with Crippen molar-refractivity contribution in [2.45, 2.75) is 6.42 Å². The lowest BCUT2D eigenvalue weighted by atomic mass is 10.0. The number of hydrogen-bond donors (Lipinski definition) is 1. The third-order valence-corrected chi connectivity index (χ3v) is 3.53. The van der Waals surface area contributed by atoms with E-state index in [1.54, 1.807) is 18.2 Å². The summed E-state index contributed by atoms with van der Waals surface area (Å²) in [7, 11) is 0. The third-order valence-electron chi connectivity index (χ3n) is 2.68. The summed E-state index contributed by atoms with van der Waals surface area (Å²) in [5.74, 6) is -0.588. The van der Waals surface area contributed by atoms with Crippen LogP contribution in [0.2, 0.25) is 5.02 Å². The molecule has 0 bridgehead atoms. The second-order valence-corrected chi connectivity index (χ2v) is 5.39.